The minimum atomic E-state index is -0.0485. The second kappa shape index (κ2) is 17.8. The molecule has 1 aliphatic carbocycles. The van der Waals surface area contributed by atoms with Gasteiger partial charge in [-0.3, -0.25) is 0 Å². The molecule has 0 radical (unpaired) electrons. The molecule has 0 fully saturated rings. The molecule has 1 aliphatic heterocycles. The number of nitrogens with zero attached hydrogens (tertiary/aromatic N) is 4. The van der Waals surface area contributed by atoms with E-state index in [0.717, 1.165) is 78.2 Å². The van der Waals surface area contributed by atoms with Crippen molar-refractivity contribution in [1.82, 2.24) is 9.55 Å². The van der Waals surface area contributed by atoms with Crippen LogP contribution in [0.1, 0.15) is 48.9 Å². The zero-order valence-electron chi connectivity index (χ0n) is 39.5. The molecule has 2 aromatic heterocycles. The standard InChI is InChI=1S/C65H47N4O.Pt/c1-65(2,3)46-35-36-66-62(39-46)69-58-30-15-14-25-54(58)55-34-33-48(41-61(55)69)70-49-38-45(63-56-26-12-10-23-52(56)53-24-11-13-27-57(53)63)37-47(40-49)67-42-68(60-32-17-16-31-59(60)67)64-50(43-19-6-4-7-20-43)28-18-29-51(64)44-21-8-5-9-22-44;/h4-39,42,63H,1-3H3;/q-3;. The summed E-state index contributed by atoms with van der Waals surface area (Å²) < 4.78 is 9.30. The summed E-state index contributed by atoms with van der Waals surface area (Å²) >= 11 is 0. The molecule has 5 nitrogen and oxygen atoms in total. The Labute approximate surface area is 429 Å². The maximum Gasteiger partial charge on any atom is 0.135 e. The molecule has 0 saturated heterocycles. The number of hydrogen-bond donors (Lipinski definition) is 0. The van der Waals surface area contributed by atoms with E-state index in [1.165, 1.54) is 27.8 Å². The van der Waals surface area contributed by atoms with Crippen molar-refractivity contribution in [1.29, 1.82) is 0 Å². The first-order chi connectivity index (χ1) is 34.4. The third-order valence-corrected chi connectivity index (χ3v) is 14.0. The molecular formula is C65H47N4OPt-3. The van der Waals surface area contributed by atoms with Crippen molar-refractivity contribution >= 4 is 44.6 Å². The molecule has 0 spiro atoms. The van der Waals surface area contributed by atoms with Crippen LogP contribution in [0.4, 0.5) is 22.7 Å². The van der Waals surface area contributed by atoms with Crippen LogP contribution < -0.4 is 14.5 Å². The fourth-order valence-corrected chi connectivity index (χ4v) is 10.7. The summed E-state index contributed by atoms with van der Waals surface area (Å²) in [5.41, 5.74) is 17.9. The number of anilines is 4. The molecule has 0 bridgehead atoms. The van der Waals surface area contributed by atoms with Crippen LogP contribution in [0.2, 0.25) is 0 Å². The van der Waals surface area contributed by atoms with Gasteiger partial charge in [-0.1, -0.05) is 184 Å². The minimum absolute atomic E-state index is 0. The van der Waals surface area contributed by atoms with Crippen molar-refractivity contribution in [3.63, 3.8) is 0 Å². The predicted molar refractivity (Wildman–Crippen MR) is 287 cm³/mol. The van der Waals surface area contributed by atoms with Crippen molar-refractivity contribution in [3.05, 3.63) is 260 Å². The molecule has 0 unspecified atom stereocenters. The Morgan fingerprint density at radius 2 is 1.11 bits per heavy atom. The molecule has 0 N–H and O–H groups in total. The molecule has 71 heavy (non-hydrogen) atoms. The normalized spacial score (nSPS) is 13.0. The van der Waals surface area contributed by atoms with Gasteiger partial charge in [0.2, 0.25) is 0 Å². The Kier molecular flexibility index (Phi) is 11.1. The third kappa shape index (κ3) is 7.64. The van der Waals surface area contributed by atoms with Gasteiger partial charge in [0.05, 0.1) is 0 Å². The molecule has 346 valence electrons. The number of benzene rings is 9. The van der Waals surface area contributed by atoms with Crippen LogP contribution in [0.15, 0.2) is 219 Å². The SMILES string of the molecule is CC(C)(C)c1ccnc(-n2c3[c-]c(Oc4[c-]c(N5[CH-]N(c6c(-c7ccccc7)cccc6-c6ccccc6)c6ccccc65)cc(C5c6ccccc6-c6ccccc65)c4)ccc3c3ccccc32)c1.[Pt]. The van der Waals surface area contributed by atoms with E-state index in [4.69, 9.17) is 9.72 Å². The summed E-state index contributed by atoms with van der Waals surface area (Å²) in [5.74, 6) is 2.00. The average Bonchev–Trinajstić information content (AvgIpc) is 4.07. The smallest absolute Gasteiger partial charge is 0.135 e. The first-order valence-corrected chi connectivity index (χ1v) is 24.0. The molecular weight excluding hydrogens is 1050 g/mol. The van der Waals surface area contributed by atoms with Crippen molar-refractivity contribution in [2.45, 2.75) is 32.1 Å². The quantitative estimate of drug-likeness (QED) is 0.142. The number of ether oxygens (including phenoxy) is 1. The molecule has 0 amide bonds. The molecule has 13 rings (SSSR count). The fraction of sp³-hybridized carbons (Fsp3) is 0.0769. The fourth-order valence-electron chi connectivity index (χ4n) is 10.7. The van der Waals surface area contributed by atoms with Crippen LogP contribution in [0, 0.1) is 18.8 Å². The zero-order valence-corrected chi connectivity index (χ0v) is 41.7. The summed E-state index contributed by atoms with van der Waals surface area (Å²) in [7, 11) is 0. The van der Waals surface area contributed by atoms with E-state index in [1.54, 1.807) is 0 Å². The van der Waals surface area contributed by atoms with Gasteiger partial charge < -0.3 is 19.1 Å². The van der Waals surface area contributed by atoms with Crippen LogP contribution in [0.3, 0.4) is 0 Å². The van der Waals surface area contributed by atoms with Crippen LogP contribution in [-0.4, -0.2) is 9.55 Å². The summed E-state index contributed by atoms with van der Waals surface area (Å²) in [6.07, 6.45) is 1.91. The first kappa shape index (κ1) is 44.2. The van der Waals surface area contributed by atoms with Gasteiger partial charge in [0, 0.05) is 78.4 Å². The number of fused-ring (bicyclic) bond motifs is 7. The van der Waals surface area contributed by atoms with Crippen molar-refractivity contribution in [2.75, 3.05) is 9.80 Å². The van der Waals surface area contributed by atoms with E-state index < -0.39 is 0 Å². The molecule has 11 aromatic rings. The maximum absolute atomic E-state index is 7.08. The monoisotopic (exact) mass is 1090 g/mol. The van der Waals surface area contributed by atoms with Gasteiger partial charge in [-0.25, -0.2) is 4.98 Å². The van der Waals surface area contributed by atoms with Gasteiger partial charge in [0.1, 0.15) is 5.82 Å². The number of aromatic nitrogens is 2. The van der Waals surface area contributed by atoms with Gasteiger partial charge in [-0.05, 0) is 80.1 Å². The van der Waals surface area contributed by atoms with Gasteiger partial charge in [-0.2, -0.15) is 6.07 Å². The van der Waals surface area contributed by atoms with E-state index >= 15 is 0 Å². The summed E-state index contributed by atoms with van der Waals surface area (Å²) in [6, 6.07) is 83.2. The van der Waals surface area contributed by atoms with Crippen molar-refractivity contribution in [2.24, 2.45) is 0 Å². The predicted octanol–water partition coefficient (Wildman–Crippen LogP) is 16.8. The first-order valence-electron chi connectivity index (χ1n) is 24.0. The van der Waals surface area contributed by atoms with E-state index in [-0.39, 0.29) is 32.4 Å². The molecule has 3 heterocycles. The van der Waals surface area contributed by atoms with Crippen LogP contribution in [0.25, 0.3) is 61.0 Å². The maximum atomic E-state index is 7.08. The van der Waals surface area contributed by atoms with Crippen LogP contribution in [-0.2, 0) is 26.5 Å². The van der Waals surface area contributed by atoms with Gasteiger partial charge in [0.25, 0.3) is 0 Å². The topological polar surface area (TPSA) is 33.5 Å². The molecule has 9 aromatic carbocycles. The summed E-state index contributed by atoms with van der Waals surface area (Å²) in [6.45, 7) is 8.93. The van der Waals surface area contributed by atoms with E-state index in [2.05, 4.69) is 260 Å². The average molecular weight is 1100 g/mol. The van der Waals surface area contributed by atoms with E-state index in [9.17, 15) is 0 Å². The minimum Gasteiger partial charge on any atom is -0.509 e. The Morgan fingerprint density at radius 3 is 1.79 bits per heavy atom. The number of para-hydroxylation sites is 4. The second-order valence-corrected chi connectivity index (χ2v) is 19.2. The molecule has 6 heteroatoms. The van der Waals surface area contributed by atoms with Gasteiger partial charge in [-0.15, -0.1) is 53.6 Å². The number of hydrogen-bond acceptors (Lipinski definition) is 4. The largest absolute Gasteiger partial charge is 0.509 e. The number of pyridine rings is 1. The molecule has 2 aliphatic rings. The summed E-state index contributed by atoms with van der Waals surface area (Å²) in [5, 5.41) is 2.22. The zero-order chi connectivity index (χ0) is 46.9. The van der Waals surface area contributed by atoms with Crippen LogP contribution >= 0.6 is 0 Å². The summed E-state index contributed by atoms with van der Waals surface area (Å²) in [4.78, 5) is 9.56. The third-order valence-electron chi connectivity index (χ3n) is 14.0. The van der Waals surface area contributed by atoms with Crippen molar-refractivity contribution < 1.29 is 25.8 Å². The van der Waals surface area contributed by atoms with Gasteiger partial charge >= 0.3 is 0 Å². The number of rotatable bonds is 8. The van der Waals surface area contributed by atoms with Gasteiger partial charge in [0.15, 0.2) is 0 Å². The second-order valence-electron chi connectivity index (χ2n) is 19.2. The Morgan fingerprint density at radius 1 is 0.521 bits per heavy atom. The molecule has 0 saturated carbocycles. The van der Waals surface area contributed by atoms with E-state index in [0.29, 0.717) is 11.5 Å². The Balaban J connectivity index is 0.00000517. The Hall–Kier alpha value is -7.98. The van der Waals surface area contributed by atoms with E-state index in [1.807, 2.05) is 12.3 Å². The van der Waals surface area contributed by atoms with Crippen LogP contribution in [0.5, 0.6) is 11.5 Å². The Bertz CT molecular complexity index is 3700. The van der Waals surface area contributed by atoms with Crippen molar-refractivity contribution in [3.8, 4) is 50.7 Å². The molecule has 0 atom stereocenters.